The zero-order chi connectivity index (χ0) is 29.2. The third-order valence-electron chi connectivity index (χ3n) is 11.0. The lowest BCUT2D eigenvalue weighted by atomic mass is 9.53. The van der Waals surface area contributed by atoms with Crippen LogP contribution in [0.15, 0.2) is 33.3 Å². The fourth-order valence-electron chi connectivity index (χ4n) is 7.85. The Kier molecular flexibility index (Phi) is 6.49. The van der Waals surface area contributed by atoms with E-state index >= 15 is 0 Å². The Labute approximate surface area is 250 Å². The fraction of sp³-hybridized carbons (Fsp3) is 0.667. The number of aromatic nitrogens is 4. The highest BCUT2D eigenvalue weighted by atomic mass is 19.3. The third kappa shape index (κ3) is 5.50. The molecule has 6 saturated carbocycles. The summed E-state index contributed by atoms with van der Waals surface area (Å²) in [5.41, 5.74) is 1.42. The van der Waals surface area contributed by atoms with E-state index in [4.69, 9.17) is 14.0 Å². The van der Waals surface area contributed by atoms with Crippen LogP contribution < -0.4 is 4.90 Å². The molecule has 10 heteroatoms. The van der Waals surface area contributed by atoms with Crippen LogP contribution in [0, 0.1) is 17.3 Å². The Bertz CT molecular complexity index is 1480. The predicted molar refractivity (Wildman–Crippen MR) is 154 cm³/mol. The van der Waals surface area contributed by atoms with Crippen LogP contribution in [0.4, 0.5) is 14.5 Å². The second-order valence-corrected chi connectivity index (χ2v) is 14.4. The van der Waals surface area contributed by atoms with Gasteiger partial charge >= 0.3 is 0 Å². The number of halogens is 2. The highest BCUT2D eigenvalue weighted by molar-refractivity contribution is 5.94. The summed E-state index contributed by atoms with van der Waals surface area (Å²) in [7, 11) is 0. The molecule has 0 saturated heterocycles. The van der Waals surface area contributed by atoms with Crippen molar-refractivity contribution in [3.8, 4) is 11.5 Å². The minimum atomic E-state index is -2.67. The molecule has 6 fully saturated rings. The average molecular weight is 592 g/mol. The molecule has 3 aromatic rings. The van der Waals surface area contributed by atoms with Gasteiger partial charge in [-0.05, 0) is 106 Å². The van der Waals surface area contributed by atoms with Crippen LogP contribution in [0.25, 0.3) is 11.5 Å². The molecule has 2 aromatic heterocycles. The molecule has 0 spiro atoms. The van der Waals surface area contributed by atoms with Crippen LogP contribution >= 0.6 is 0 Å². The van der Waals surface area contributed by atoms with E-state index in [0.717, 1.165) is 86.6 Å². The summed E-state index contributed by atoms with van der Waals surface area (Å²) in [6.45, 7) is 0.572. The standard InChI is InChI=1S/C33H39F2N5O3/c34-33(35)9-8-22(19-33)17-27(41)40(25-3-1-2-24(18-25)29-37-28(39-42-29)23-6-7-23)20-31-10-13-32(14-11-31,15-12-31)30-36-26(38-43-30)16-21-4-5-21/h1-3,18,21-23H,4-17,19-20H2. The Morgan fingerprint density at radius 2 is 1.70 bits per heavy atom. The molecule has 0 radical (unpaired) electrons. The van der Waals surface area contributed by atoms with Gasteiger partial charge < -0.3 is 13.9 Å². The monoisotopic (exact) mass is 591 g/mol. The maximum Gasteiger partial charge on any atom is 0.258 e. The number of anilines is 1. The molecule has 9 rings (SSSR count). The molecule has 6 aliphatic rings. The summed E-state index contributed by atoms with van der Waals surface area (Å²) in [6, 6.07) is 7.71. The van der Waals surface area contributed by atoms with E-state index in [1.165, 1.54) is 12.8 Å². The smallest absolute Gasteiger partial charge is 0.258 e. The number of fused-ring (bicyclic) bond motifs is 3. The minimum absolute atomic E-state index is 0.0342. The summed E-state index contributed by atoms with van der Waals surface area (Å²) in [5, 5.41) is 8.47. The third-order valence-corrected chi connectivity index (χ3v) is 11.0. The van der Waals surface area contributed by atoms with Gasteiger partial charge in [0.25, 0.3) is 5.89 Å². The molecule has 1 amide bonds. The topological polar surface area (TPSA) is 98.2 Å². The molecule has 1 aromatic carbocycles. The van der Waals surface area contributed by atoms with E-state index < -0.39 is 5.92 Å². The average Bonchev–Trinajstić information content (AvgIpc) is 3.89. The first-order chi connectivity index (χ1) is 20.8. The Balaban J connectivity index is 1.03. The van der Waals surface area contributed by atoms with E-state index in [1.54, 1.807) is 0 Å². The molecule has 1 unspecified atom stereocenters. The number of carbonyl (C=O) groups is 1. The molecule has 0 N–H and O–H groups in total. The zero-order valence-corrected chi connectivity index (χ0v) is 24.6. The quantitative estimate of drug-likeness (QED) is 0.242. The van der Waals surface area contributed by atoms with Gasteiger partial charge in [0, 0.05) is 54.8 Å². The minimum Gasteiger partial charge on any atom is -0.339 e. The number of hydrogen-bond acceptors (Lipinski definition) is 7. The van der Waals surface area contributed by atoms with Crippen molar-refractivity contribution in [2.75, 3.05) is 11.4 Å². The normalized spacial score (nSPS) is 29.7. The highest BCUT2D eigenvalue weighted by Gasteiger charge is 2.53. The molecule has 2 heterocycles. The summed E-state index contributed by atoms with van der Waals surface area (Å²) in [6.07, 6.45) is 11.6. The van der Waals surface area contributed by atoms with Gasteiger partial charge in [0.05, 0.1) is 0 Å². The molecule has 228 valence electrons. The number of benzene rings is 1. The highest BCUT2D eigenvalue weighted by Crippen LogP contribution is 2.58. The summed E-state index contributed by atoms with van der Waals surface area (Å²) >= 11 is 0. The van der Waals surface area contributed by atoms with Gasteiger partial charge in [-0.15, -0.1) is 0 Å². The van der Waals surface area contributed by atoms with Crippen molar-refractivity contribution >= 4 is 11.6 Å². The van der Waals surface area contributed by atoms with Gasteiger partial charge in [-0.25, -0.2) is 8.78 Å². The van der Waals surface area contributed by atoms with Crippen LogP contribution in [-0.2, 0) is 16.6 Å². The van der Waals surface area contributed by atoms with E-state index in [0.29, 0.717) is 30.7 Å². The largest absolute Gasteiger partial charge is 0.339 e. The van der Waals surface area contributed by atoms with Crippen LogP contribution in [0.5, 0.6) is 0 Å². The van der Waals surface area contributed by atoms with Gasteiger partial charge in [0.1, 0.15) is 0 Å². The van der Waals surface area contributed by atoms with Crippen LogP contribution in [0.3, 0.4) is 0 Å². The molecule has 43 heavy (non-hydrogen) atoms. The number of rotatable bonds is 10. The molecule has 0 aliphatic heterocycles. The van der Waals surface area contributed by atoms with Crippen molar-refractivity contribution < 1.29 is 22.6 Å². The molecule has 2 bridgehead atoms. The van der Waals surface area contributed by atoms with Crippen LogP contribution in [-0.4, -0.2) is 38.7 Å². The van der Waals surface area contributed by atoms with Crippen molar-refractivity contribution in [3.05, 3.63) is 41.8 Å². The van der Waals surface area contributed by atoms with Crippen molar-refractivity contribution in [3.63, 3.8) is 0 Å². The van der Waals surface area contributed by atoms with E-state index in [-0.39, 0.29) is 41.9 Å². The maximum atomic E-state index is 14.0. The van der Waals surface area contributed by atoms with E-state index in [1.807, 2.05) is 29.2 Å². The molecule has 8 nitrogen and oxygen atoms in total. The van der Waals surface area contributed by atoms with Crippen molar-refractivity contribution in [2.45, 2.75) is 114 Å². The number of nitrogens with zero attached hydrogens (tertiary/aromatic N) is 5. The Morgan fingerprint density at radius 1 is 0.907 bits per heavy atom. The maximum absolute atomic E-state index is 14.0. The number of hydrogen-bond donors (Lipinski definition) is 0. The van der Waals surface area contributed by atoms with Crippen molar-refractivity contribution in [1.82, 2.24) is 20.3 Å². The Hall–Kier alpha value is -3.17. The predicted octanol–water partition coefficient (Wildman–Crippen LogP) is 7.40. The fourth-order valence-corrected chi connectivity index (χ4v) is 7.85. The van der Waals surface area contributed by atoms with Gasteiger partial charge in [-0.1, -0.05) is 16.4 Å². The van der Waals surface area contributed by atoms with Crippen LogP contribution in [0.1, 0.15) is 113 Å². The van der Waals surface area contributed by atoms with Gasteiger partial charge in [0.15, 0.2) is 11.6 Å². The molecule has 1 atom stereocenters. The number of alkyl halides is 2. The molecular weight excluding hydrogens is 552 g/mol. The Morgan fingerprint density at radius 3 is 2.40 bits per heavy atom. The lowest BCUT2D eigenvalue weighted by Gasteiger charge is -2.53. The van der Waals surface area contributed by atoms with Crippen molar-refractivity contribution in [1.29, 1.82) is 0 Å². The van der Waals surface area contributed by atoms with Gasteiger partial charge in [-0.3, -0.25) is 4.79 Å². The summed E-state index contributed by atoms with van der Waals surface area (Å²) < 4.78 is 39.5. The van der Waals surface area contributed by atoms with Gasteiger partial charge in [-0.2, -0.15) is 9.97 Å². The second kappa shape index (κ2) is 10.2. The first-order valence-corrected chi connectivity index (χ1v) is 16.2. The van der Waals surface area contributed by atoms with Gasteiger partial charge in [0.2, 0.25) is 17.7 Å². The molecular formula is C33H39F2N5O3. The summed E-state index contributed by atoms with van der Waals surface area (Å²) in [5.74, 6) is 0.870. The second-order valence-electron chi connectivity index (χ2n) is 14.4. The van der Waals surface area contributed by atoms with E-state index in [9.17, 15) is 13.6 Å². The number of amides is 1. The first-order valence-electron chi connectivity index (χ1n) is 16.2. The SMILES string of the molecule is O=C(CC1CCC(F)(F)C1)N(CC12CCC(c3nc(CC4CC4)no3)(CC1)CC2)c1cccc(-c2nc(C3CC3)no2)c1. The van der Waals surface area contributed by atoms with Crippen molar-refractivity contribution in [2.24, 2.45) is 17.3 Å². The van der Waals surface area contributed by atoms with Crippen LogP contribution in [0.2, 0.25) is 0 Å². The lowest BCUT2D eigenvalue weighted by molar-refractivity contribution is -0.120. The molecule has 6 aliphatic carbocycles. The first kappa shape index (κ1) is 27.4. The lowest BCUT2D eigenvalue weighted by Crippen LogP contribution is -2.51. The summed E-state index contributed by atoms with van der Waals surface area (Å²) in [4.78, 5) is 25.3. The number of carbonyl (C=O) groups excluding carboxylic acids is 1. The zero-order valence-electron chi connectivity index (χ0n) is 24.6. The van der Waals surface area contributed by atoms with E-state index in [2.05, 4.69) is 15.3 Å².